The molecule has 1 heterocycles. The first-order valence-corrected chi connectivity index (χ1v) is 8.27. The summed E-state index contributed by atoms with van der Waals surface area (Å²) < 4.78 is 5.68. The van der Waals surface area contributed by atoms with Crippen LogP contribution in [-0.4, -0.2) is 17.9 Å². The van der Waals surface area contributed by atoms with Crippen LogP contribution in [0.2, 0.25) is 0 Å². The van der Waals surface area contributed by atoms with E-state index in [0.29, 0.717) is 12.3 Å². The maximum atomic E-state index is 11.8. The first-order chi connectivity index (χ1) is 11.1. The van der Waals surface area contributed by atoms with E-state index in [9.17, 15) is 9.59 Å². The molecule has 2 aromatic rings. The molecular weight excluding hydrogens is 312 g/mol. The van der Waals surface area contributed by atoms with Crippen molar-refractivity contribution in [2.24, 2.45) is 0 Å². The maximum Gasteiger partial charge on any atom is 0.309 e. The van der Waals surface area contributed by atoms with E-state index >= 15 is 0 Å². The fourth-order valence-electron chi connectivity index (χ4n) is 1.94. The van der Waals surface area contributed by atoms with Gasteiger partial charge in [-0.05, 0) is 31.4 Å². The topological polar surface area (TPSA) is 67.4 Å². The Bertz CT molecular complexity index is 654. The second-order valence-electron chi connectivity index (χ2n) is 5.22. The lowest BCUT2D eigenvalue weighted by Gasteiger charge is -2.14. The van der Waals surface area contributed by atoms with Gasteiger partial charge in [-0.1, -0.05) is 24.3 Å². The van der Waals surface area contributed by atoms with Gasteiger partial charge in [-0.25, -0.2) is 0 Å². The molecule has 0 aliphatic heterocycles. The number of rotatable bonds is 6. The molecule has 122 valence electrons. The van der Waals surface area contributed by atoms with Crippen LogP contribution in [0.1, 0.15) is 24.3 Å². The Morgan fingerprint density at radius 3 is 2.39 bits per heavy atom. The molecule has 0 bridgehead atoms. The smallest absolute Gasteiger partial charge is 0.309 e. The Morgan fingerprint density at radius 2 is 1.74 bits per heavy atom. The Morgan fingerprint density at radius 1 is 1.04 bits per heavy atom. The summed E-state index contributed by atoms with van der Waals surface area (Å²) in [7, 11) is 0. The molecule has 1 aromatic heterocycles. The SMILES string of the molecule is CC(C)Oc1ccccc1CNC(=O)C(=O)NCc1cccs1. The molecule has 0 fully saturated rings. The Hall–Kier alpha value is -2.34. The number of carbonyl (C=O) groups is 2. The van der Waals surface area contributed by atoms with Crippen molar-refractivity contribution >= 4 is 23.2 Å². The molecule has 2 N–H and O–H groups in total. The fraction of sp³-hybridized carbons (Fsp3) is 0.294. The standard InChI is InChI=1S/C17H20N2O3S/c1-12(2)22-15-8-4-3-6-13(15)10-18-16(20)17(21)19-11-14-7-5-9-23-14/h3-9,12H,10-11H2,1-2H3,(H,18,20)(H,19,21). The van der Waals surface area contributed by atoms with Crippen LogP contribution in [0.4, 0.5) is 0 Å². The van der Waals surface area contributed by atoms with Crippen molar-refractivity contribution in [3.63, 3.8) is 0 Å². The van der Waals surface area contributed by atoms with Crippen molar-refractivity contribution in [2.75, 3.05) is 0 Å². The number of carbonyl (C=O) groups excluding carboxylic acids is 2. The van der Waals surface area contributed by atoms with Crippen LogP contribution < -0.4 is 15.4 Å². The van der Waals surface area contributed by atoms with Gasteiger partial charge in [0, 0.05) is 17.0 Å². The predicted octanol–water partition coefficient (Wildman–Crippen LogP) is 2.47. The van der Waals surface area contributed by atoms with Gasteiger partial charge in [0.2, 0.25) is 0 Å². The summed E-state index contributed by atoms with van der Waals surface area (Å²) >= 11 is 1.53. The zero-order valence-electron chi connectivity index (χ0n) is 13.2. The lowest BCUT2D eigenvalue weighted by Crippen LogP contribution is -2.39. The highest BCUT2D eigenvalue weighted by atomic mass is 32.1. The average Bonchev–Trinajstić information content (AvgIpc) is 3.04. The van der Waals surface area contributed by atoms with Crippen LogP contribution in [0.3, 0.4) is 0 Å². The fourth-order valence-corrected chi connectivity index (χ4v) is 2.58. The third kappa shape index (κ3) is 5.41. The number of benzene rings is 1. The Balaban J connectivity index is 1.85. The number of ether oxygens (including phenoxy) is 1. The summed E-state index contributed by atoms with van der Waals surface area (Å²) in [6.45, 7) is 4.48. The summed E-state index contributed by atoms with van der Waals surface area (Å²) in [6, 6.07) is 11.3. The number of nitrogens with one attached hydrogen (secondary N) is 2. The van der Waals surface area contributed by atoms with Crippen molar-refractivity contribution in [3.05, 3.63) is 52.2 Å². The van der Waals surface area contributed by atoms with E-state index in [1.165, 1.54) is 11.3 Å². The number of hydrogen-bond donors (Lipinski definition) is 2. The van der Waals surface area contributed by atoms with Crippen molar-refractivity contribution in [1.29, 1.82) is 0 Å². The van der Waals surface area contributed by atoms with Gasteiger partial charge in [0.15, 0.2) is 0 Å². The minimum Gasteiger partial charge on any atom is -0.491 e. The third-order valence-corrected chi connectivity index (χ3v) is 3.86. The lowest BCUT2D eigenvalue weighted by molar-refractivity contribution is -0.139. The zero-order valence-corrected chi connectivity index (χ0v) is 14.0. The molecular formula is C17H20N2O3S. The quantitative estimate of drug-likeness (QED) is 0.799. The summed E-state index contributed by atoms with van der Waals surface area (Å²) in [6.07, 6.45) is 0.0425. The van der Waals surface area contributed by atoms with Gasteiger partial charge in [-0.15, -0.1) is 11.3 Å². The van der Waals surface area contributed by atoms with Gasteiger partial charge in [-0.3, -0.25) is 9.59 Å². The molecule has 0 unspecified atom stereocenters. The highest BCUT2D eigenvalue weighted by Gasteiger charge is 2.14. The Kier molecular flexibility index (Phi) is 6.17. The molecule has 2 amide bonds. The molecule has 6 heteroatoms. The minimum atomic E-state index is -0.652. The van der Waals surface area contributed by atoms with E-state index in [1.54, 1.807) is 0 Å². The number of hydrogen-bond acceptors (Lipinski definition) is 4. The highest BCUT2D eigenvalue weighted by Crippen LogP contribution is 2.19. The molecule has 23 heavy (non-hydrogen) atoms. The van der Waals surface area contributed by atoms with E-state index < -0.39 is 11.8 Å². The van der Waals surface area contributed by atoms with E-state index in [0.717, 1.165) is 10.4 Å². The molecule has 0 aliphatic carbocycles. The number of amides is 2. The molecule has 0 saturated heterocycles. The van der Waals surface area contributed by atoms with E-state index in [1.807, 2.05) is 55.6 Å². The van der Waals surface area contributed by atoms with Crippen molar-refractivity contribution < 1.29 is 14.3 Å². The lowest BCUT2D eigenvalue weighted by atomic mass is 10.2. The molecule has 0 spiro atoms. The number of para-hydroxylation sites is 1. The highest BCUT2D eigenvalue weighted by molar-refractivity contribution is 7.09. The maximum absolute atomic E-state index is 11.8. The van der Waals surface area contributed by atoms with E-state index in [4.69, 9.17) is 4.74 Å². The second-order valence-corrected chi connectivity index (χ2v) is 6.25. The van der Waals surface area contributed by atoms with Crippen molar-refractivity contribution in [2.45, 2.75) is 33.0 Å². The molecule has 5 nitrogen and oxygen atoms in total. The van der Waals surface area contributed by atoms with Crippen LogP contribution in [0.5, 0.6) is 5.75 Å². The largest absolute Gasteiger partial charge is 0.491 e. The van der Waals surface area contributed by atoms with Crippen LogP contribution >= 0.6 is 11.3 Å². The third-order valence-electron chi connectivity index (χ3n) is 2.98. The molecule has 0 radical (unpaired) electrons. The summed E-state index contributed by atoms with van der Waals surface area (Å²) in [5.41, 5.74) is 0.834. The van der Waals surface area contributed by atoms with Gasteiger partial charge in [0.1, 0.15) is 5.75 Å². The van der Waals surface area contributed by atoms with Crippen LogP contribution in [0.15, 0.2) is 41.8 Å². The van der Waals surface area contributed by atoms with E-state index in [2.05, 4.69) is 10.6 Å². The zero-order chi connectivity index (χ0) is 16.7. The summed E-state index contributed by atoms with van der Waals surface area (Å²) in [4.78, 5) is 24.6. The molecule has 0 atom stereocenters. The monoisotopic (exact) mass is 332 g/mol. The Labute approximate surface area is 139 Å². The summed E-state index contributed by atoms with van der Waals surface area (Å²) in [5.74, 6) is -0.580. The average molecular weight is 332 g/mol. The summed E-state index contributed by atoms with van der Waals surface area (Å²) in [5, 5.41) is 7.13. The second kappa shape index (κ2) is 8.33. The minimum absolute atomic E-state index is 0.0425. The van der Waals surface area contributed by atoms with Crippen LogP contribution in [-0.2, 0) is 22.7 Å². The van der Waals surface area contributed by atoms with Gasteiger partial charge >= 0.3 is 11.8 Å². The molecule has 1 aromatic carbocycles. The molecule has 2 rings (SSSR count). The normalized spacial score (nSPS) is 10.4. The van der Waals surface area contributed by atoms with Crippen molar-refractivity contribution in [3.8, 4) is 5.75 Å². The van der Waals surface area contributed by atoms with Crippen LogP contribution in [0.25, 0.3) is 0 Å². The predicted molar refractivity (Wildman–Crippen MR) is 90.2 cm³/mol. The molecule has 0 aliphatic rings. The van der Waals surface area contributed by atoms with Gasteiger partial charge in [0.05, 0.1) is 12.6 Å². The van der Waals surface area contributed by atoms with Gasteiger partial charge in [-0.2, -0.15) is 0 Å². The van der Waals surface area contributed by atoms with E-state index in [-0.39, 0.29) is 12.6 Å². The molecule has 0 saturated carbocycles. The van der Waals surface area contributed by atoms with Crippen LogP contribution in [0, 0.1) is 0 Å². The first-order valence-electron chi connectivity index (χ1n) is 7.39. The van der Waals surface area contributed by atoms with Gasteiger partial charge < -0.3 is 15.4 Å². The van der Waals surface area contributed by atoms with Crippen molar-refractivity contribution in [1.82, 2.24) is 10.6 Å². The number of thiophene rings is 1. The van der Waals surface area contributed by atoms with Gasteiger partial charge in [0.25, 0.3) is 0 Å². The first kappa shape index (κ1) is 17.0.